The van der Waals surface area contributed by atoms with Crippen molar-refractivity contribution in [1.29, 1.82) is 5.26 Å². The molecule has 0 N–H and O–H groups in total. The van der Waals surface area contributed by atoms with Gasteiger partial charge in [0.2, 0.25) is 5.75 Å². The molecular formula is C23H14Cl3N3O7. The molecule has 0 heterocycles. The Balaban J connectivity index is 1.87. The largest absolute Gasteiger partial charge is 0.476 e. The first-order chi connectivity index (χ1) is 17.0. The molecule has 0 aliphatic heterocycles. The van der Waals surface area contributed by atoms with E-state index in [-0.39, 0.29) is 43.6 Å². The Bertz CT molecular complexity index is 1410. The zero-order valence-corrected chi connectivity index (χ0v) is 20.5. The van der Waals surface area contributed by atoms with E-state index in [0.29, 0.717) is 0 Å². The molecule has 0 bridgehead atoms. The lowest BCUT2D eigenvalue weighted by molar-refractivity contribution is -0.386. The van der Waals surface area contributed by atoms with E-state index in [4.69, 9.17) is 44.3 Å². The van der Waals surface area contributed by atoms with Gasteiger partial charge in [-0.1, -0.05) is 40.9 Å². The minimum Gasteiger partial charge on any atom is -0.476 e. The zero-order chi connectivity index (χ0) is 26.6. The normalized spacial score (nSPS) is 12.2. The number of benzene rings is 3. The van der Waals surface area contributed by atoms with Gasteiger partial charge in [0.25, 0.3) is 5.69 Å². The smallest absolute Gasteiger partial charge is 0.311 e. The van der Waals surface area contributed by atoms with E-state index in [9.17, 15) is 30.3 Å². The van der Waals surface area contributed by atoms with Crippen LogP contribution in [0, 0.1) is 31.6 Å². The van der Waals surface area contributed by atoms with Crippen LogP contribution in [0.3, 0.4) is 0 Å². The average Bonchev–Trinajstić information content (AvgIpc) is 2.82. The maximum atomic E-state index is 13.0. The number of nitriles is 1. The van der Waals surface area contributed by atoms with E-state index in [0.717, 1.165) is 12.1 Å². The molecule has 36 heavy (non-hydrogen) atoms. The zero-order valence-electron chi connectivity index (χ0n) is 18.2. The second-order valence-electron chi connectivity index (χ2n) is 7.26. The minimum absolute atomic E-state index is 0.0484. The van der Waals surface area contributed by atoms with Gasteiger partial charge in [-0.2, -0.15) is 5.26 Å². The summed E-state index contributed by atoms with van der Waals surface area (Å²) in [6.07, 6.45) is -1.28. The van der Waals surface area contributed by atoms with Crippen LogP contribution in [-0.2, 0) is 4.79 Å². The number of carbonyl (C=O) groups is 1. The third-order valence-corrected chi connectivity index (χ3v) is 5.91. The van der Waals surface area contributed by atoms with Crippen molar-refractivity contribution in [3.63, 3.8) is 0 Å². The van der Waals surface area contributed by atoms with Crippen LogP contribution in [0.5, 0.6) is 17.2 Å². The molecule has 0 saturated carbocycles. The van der Waals surface area contributed by atoms with Crippen molar-refractivity contribution in [2.24, 2.45) is 0 Å². The summed E-state index contributed by atoms with van der Waals surface area (Å²) in [4.78, 5) is 34.0. The molecule has 3 rings (SSSR count). The summed E-state index contributed by atoms with van der Waals surface area (Å²) in [7, 11) is 0. The molecule has 0 fully saturated rings. The summed E-state index contributed by atoms with van der Waals surface area (Å²) in [6, 6.07) is 13.2. The molecule has 3 aromatic rings. The van der Waals surface area contributed by atoms with Crippen molar-refractivity contribution < 1.29 is 24.1 Å². The number of nitro benzene ring substituents is 2. The van der Waals surface area contributed by atoms with E-state index in [1.807, 2.05) is 6.07 Å². The highest BCUT2D eigenvalue weighted by Crippen LogP contribution is 2.37. The molecule has 0 spiro atoms. The second kappa shape index (κ2) is 11.2. The summed E-state index contributed by atoms with van der Waals surface area (Å²) in [5.74, 6) is -2.15. The standard InChI is InChI=1S/C23H14Cl3N3O7/c1-12(23(30)16(11-27)13-2-5-17(24)18(25)8-13)35-22-10-15(4-6-20(22)29(33)34)36-21-7-3-14(28(31)32)9-19(21)26/h2-10,12,16H,1H3. The highest BCUT2D eigenvalue weighted by Gasteiger charge is 2.29. The summed E-state index contributed by atoms with van der Waals surface area (Å²) in [6.45, 7) is 1.34. The van der Waals surface area contributed by atoms with Crippen molar-refractivity contribution in [2.75, 3.05) is 0 Å². The first kappa shape index (κ1) is 26.7. The Labute approximate surface area is 218 Å². The van der Waals surface area contributed by atoms with Gasteiger partial charge in [-0.3, -0.25) is 25.0 Å². The monoisotopic (exact) mass is 549 g/mol. The maximum Gasteiger partial charge on any atom is 0.311 e. The minimum atomic E-state index is -1.28. The van der Waals surface area contributed by atoms with Crippen LogP contribution in [0.15, 0.2) is 54.6 Å². The van der Waals surface area contributed by atoms with E-state index >= 15 is 0 Å². The number of rotatable bonds is 9. The van der Waals surface area contributed by atoms with Crippen molar-refractivity contribution >= 4 is 52.0 Å². The first-order valence-electron chi connectivity index (χ1n) is 9.97. The topological polar surface area (TPSA) is 146 Å². The number of nitro groups is 2. The van der Waals surface area contributed by atoms with Crippen LogP contribution in [-0.4, -0.2) is 21.7 Å². The van der Waals surface area contributed by atoms with Crippen LogP contribution in [0.4, 0.5) is 11.4 Å². The summed E-state index contributed by atoms with van der Waals surface area (Å²) >= 11 is 17.9. The Kier molecular flexibility index (Phi) is 8.32. The van der Waals surface area contributed by atoms with Gasteiger partial charge in [-0.25, -0.2) is 0 Å². The molecule has 0 saturated heterocycles. The third kappa shape index (κ3) is 6.01. The molecule has 2 unspecified atom stereocenters. The van der Waals surface area contributed by atoms with Gasteiger partial charge in [-0.15, -0.1) is 0 Å². The van der Waals surface area contributed by atoms with Gasteiger partial charge < -0.3 is 9.47 Å². The van der Waals surface area contributed by atoms with E-state index in [1.165, 1.54) is 49.4 Å². The van der Waals surface area contributed by atoms with Gasteiger partial charge in [0.1, 0.15) is 17.4 Å². The molecule has 0 aliphatic rings. The number of non-ortho nitro benzene ring substituents is 1. The van der Waals surface area contributed by atoms with Crippen molar-refractivity contribution in [2.45, 2.75) is 18.9 Å². The van der Waals surface area contributed by atoms with Crippen LogP contribution < -0.4 is 9.47 Å². The Morgan fingerprint density at radius 3 is 2.22 bits per heavy atom. The van der Waals surface area contributed by atoms with E-state index in [1.54, 1.807) is 0 Å². The number of halogens is 3. The second-order valence-corrected chi connectivity index (χ2v) is 8.48. The molecule has 3 aromatic carbocycles. The number of carbonyl (C=O) groups excluding carboxylic acids is 1. The highest BCUT2D eigenvalue weighted by atomic mass is 35.5. The molecular weight excluding hydrogens is 537 g/mol. The van der Waals surface area contributed by atoms with Gasteiger partial charge in [0.05, 0.1) is 31.0 Å². The molecule has 13 heteroatoms. The third-order valence-electron chi connectivity index (χ3n) is 4.88. The van der Waals surface area contributed by atoms with Gasteiger partial charge in [-0.05, 0) is 36.8 Å². The number of ether oxygens (including phenoxy) is 2. The molecule has 184 valence electrons. The van der Waals surface area contributed by atoms with Crippen molar-refractivity contribution in [3.8, 4) is 23.3 Å². The van der Waals surface area contributed by atoms with E-state index < -0.39 is 33.3 Å². The molecule has 0 aromatic heterocycles. The van der Waals surface area contributed by atoms with Gasteiger partial charge >= 0.3 is 5.69 Å². The highest BCUT2D eigenvalue weighted by molar-refractivity contribution is 6.42. The number of hydrogen-bond donors (Lipinski definition) is 0. The Hall–Kier alpha value is -3.91. The lowest BCUT2D eigenvalue weighted by Gasteiger charge is -2.18. The van der Waals surface area contributed by atoms with Crippen molar-refractivity contribution in [1.82, 2.24) is 0 Å². The van der Waals surface area contributed by atoms with Gasteiger partial charge in [0.15, 0.2) is 11.9 Å². The Morgan fingerprint density at radius 2 is 1.64 bits per heavy atom. The molecule has 10 nitrogen and oxygen atoms in total. The van der Waals surface area contributed by atoms with Crippen molar-refractivity contribution in [3.05, 3.63) is 95.5 Å². The molecule has 0 radical (unpaired) electrons. The fourth-order valence-corrected chi connectivity index (χ4v) is 3.61. The quantitative estimate of drug-likeness (QED) is 0.206. The lowest BCUT2D eigenvalue weighted by Crippen LogP contribution is -2.29. The van der Waals surface area contributed by atoms with Crippen LogP contribution >= 0.6 is 34.8 Å². The van der Waals surface area contributed by atoms with Gasteiger partial charge in [0, 0.05) is 24.3 Å². The predicted molar refractivity (Wildman–Crippen MR) is 131 cm³/mol. The number of Topliss-reactive ketones (excluding diaryl/α,β-unsaturated/α-hetero) is 1. The van der Waals surface area contributed by atoms with Crippen LogP contribution in [0.25, 0.3) is 0 Å². The fraction of sp³-hybridized carbons (Fsp3) is 0.130. The molecule has 0 aliphatic carbocycles. The SMILES string of the molecule is CC(Oc1cc(Oc2ccc([N+](=O)[O-])cc2Cl)ccc1[N+](=O)[O-])C(=O)C(C#N)c1ccc(Cl)c(Cl)c1. The average molecular weight is 551 g/mol. The summed E-state index contributed by atoms with van der Waals surface area (Å²) < 4.78 is 11.2. The number of ketones is 1. The fourth-order valence-electron chi connectivity index (χ4n) is 3.09. The lowest BCUT2D eigenvalue weighted by atomic mass is 9.93. The van der Waals surface area contributed by atoms with E-state index in [2.05, 4.69) is 0 Å². The maximum absolute atomic E-state index is 13.0. The molecule has 2 atom stereocenters. The summed E-state index contributed by atoms with van der Waals surface area (Å²) in [5, 5.41) is 32.3. The summed E-state index contributed by atoms with van der Waals surface area (Å²) in [5.41, 5.74) is -0.423. The molecule has 0 amide bonds. The Morgan fingerprint density at radius 1 is 0.917 bits per heavy atom. The first-order valence-corrected chi connectivity index (χ1v) is 11.1. The number of hydrogen-bond acceptors (Lipinski definition) is 8. The van der Waals surface area contributed by atoms with Crippen LogP contribution in [0.2, 0.25) is 15.1 Å². The van der Waals surface area contributed by atoms with Crippen LogP contribution in [0.1, 0.15) is 18.4 Å². The predicted octanol–water partition coefficient (Wildman–Crippen LogP) is 6.90. The number of nitrogens with zero attached hydrogens (tertiary/aromatic N) is 3.